The second kappa shape index (κ2) is 9.43. The van der Waals surface area contributed by atoms with Crippen molar-refractivity contribution in [3.05, 3.63) is 34.9 Å². The number of rotatable bonds is 9. The molecule has 0 spiro atoms. The molecule has 2 aromatic rings. The Morgan fingerprint density at radius 2 is 2.07 bits per heavy atom. The molecule has 3 rings (SSSR count). The summed E-state index contributed by atoms with van der Waals surface area (Å²) in [5.74, 6) is -1.84. The van der Waals surface area contributed by atoms with Crippen LogP contribution in [0, 0.1) is 0 Å². The number of anilines is 3. The Kier molecular flexibility index (Phi) is 6.95. The van der Waals surface area contributed by atoms with Crippen LogP contribution in [0.1, 0.15) is 31.7 Å². The zero-order valence-electron chi connectivity index (χ0n) is 16.6. The minimum atomic E-state index is -2.73. The Hall–Kier alpha value is -2.35. The lowest BCUT2D eigenvalue weighted by Crippen LogP contribution is -2.27. The van der Waals surface area contributed by atoms with Gasteiger partial charge in [0.15, 0.2) is 11.6 Å². The van der Waals surface area contributed by atoms with Gasteiger partial charge >= 0.3 is 6.01 Å². The molecule has 0 aliphatic carbocycles. The van der Waals surface area contributed by atoms with Crippen LogP contribution in [-0.2, 0) is 6.54 Å². The van der Waals surface area contributed by atoms with Gasteiger partial charge in [0, 0.05) is 31.6 Å². The van der Waals surface area contributed by atoms with Crippen molar-refractivity contribution in [3.8, 4) is 6.01 Å². The highest BCUT2D eigenvalue weighted by atomic mass is 35.5. The summed E-state index contributed by atoms with van der Waals surface area (Å²) in [5, 5.41) is 6.93. The Labute approximate surface area is 174 Å². The number of aromatic nitrogens is 2. The maximum Gasteiger partial charge on any atom is 0.320 e. The van der Waals surface area contributed by atoms with E-state index in [-0.39, 0.29) is 25.5 Å². The fourth-order valence-corrected chi connectivity index (χ4v) is 3.33. The smallest absolute Gasteiger partial charge is 0.320 e. The molecule has 1 fully saturated rings. The average Bonchev–Trinajstić information content (AvgIpc) is 3.07. The maximum atomic E-state index is 13.8. The van der Waals surface area contributed by atoms with Gasteiger partial charge in [-0.05, 0) is 18.1 Å². The van der Waals surface area contributed by atoms with Gasteiger partial charge in [-0.15, -0.1) is 0 Å². The van der Waals surface area contributed by atoms with E-state index in [0.29, 0.717) is 35.5 Å². The van der Waals surface area contributed by atoms with Gasteiger partial charge in [0.1, 0.15) is 5.69 Å². The highest BCUT2D eigenvalue weighted by Crippen LogP contribution is 2.37. The summed E-state index contributed by atoms with van der Waals surface area (Å²) < 4.78 is 33.3. The molecule has 0 saturated carbocycles. The molecule has 29 heavy (non-hydrogen) atoms. The number of unbranched alkanes of at least 4 members (excludes halogenated alkanes) is 1. The van der Waals surface area contributed by atoms with E-state index in [1.807, 2.05) is 24.3 Å². The molecule has 0 radical (unpaired) electrons. The van der Waals surface area contributed by atoms with Crippen molar-refractivity contribution in [2.45, 2.75) is 38.7 Å². The number of benzene rings is 1. The van der Waals surface area contributed by atoms with Gasteiger partial charge in [-0.1, -0.05) is 43.1 Å². The predicted octanol–water partition coefficient (Wildman–Crippen LogP) is 4.81. The zero-order valence-corrected chi connectivity index (χ0v) is 17.4. The Morgan fingerprint density at radius 3 is 2.72 bits per heavy atom. The van der Waals surface area contributed by atoms with Crippen LogP contribution in [0.15, 0.2) is 24.3 Å². The van der Waals surface area contributed by atoms with E-state index in [0.717, 1.165) is 18.4 Å². The summed E-state index contributed by atoms with van der Waals surface area (Å²) in [5.41, 5.74) is 1.45. The first-order chi connectivity index (χ1) is 13.9. The molecule has 158 valence electrons. The second-order valence-corrected chi connectivity index (χ2v) is 7.39. The molecule has 0 bridgehead atoms. The first kappa shape index (κ1) is 21.4. The largest absolute Gasteiger partial charge is 0.463 e. The number of hydrogen-bond donors (Lipinski definition) is 2. The van der Waals surface area contributed by atoms with Gasteiger partial charge in [0.05, 0.1) is 13.2 Å². The van der Waals surface area contributed by atoms with E-state index in [2.05, 4.69) is 27.5 Å². The van der Waals surface area contributed by atoms with Gasteiger partial charge in [-0.2, -0.15) is 9.97 Å². The molecule has 1 aromatic carbocycles. The number of halogens is 3. The Bertz CT molecular complexity index is 837. The second-order valence-electron chi connectivity index (χ2n) is 6.98. The normalized spacial score (nSPS) is 15.4. The molecular weight excluding hydrogens is 400 g/mol. The fraction of sp³-hybridized carbons (Fsp3) is 0.500. The van der Waals surface area contributed by atoms with Crippen molar-refractivity contribution in [2.75, 3.05) is 42.3 Å². The van der Waals surface area contributed by atoms with E-state index in [9.17, 15) is 8.78 Å². The van der Waals surface area contributed by atoms with Crippen molar-refractivity contribution in [1.29, 1.82) is 0 Å². The third-order valence-corrected chi connectivity index (χ3v) is 5.09. The van der Waals surface area contributed by atoms with Gasteiger partial charge in [-0.25, -0.2) is 8.78 Å². The highest BCUT2D eigenvalue weighted by molar-refractivity contribution is 6.31. The highest BCUT2D eigenvalue weighted by Gasteiger charge is 2.40. The number of alkyl halides is 2. The molecule has 0 amide bonds. The lowest BCUT2D eigenvalue weighted by molar-refractivity contribution is 0.0256. The average molecular weight is 426 g/mol. The van der Waals surface area contributed by atoms with Crippen molar-refractivity contribution in [3.63, 3.8) is 0 Å². The van der Waals surface area contributed by atoms with E-state index in [1.54, 1.807) is 11.9 Å². The van der Waals surface area contributed by atoms with Gasteiger partial charge in [0.25, 0.3) is 5.92 Å². The van der Waals surface area contributed by atoms with Crippen molar-refractivity contribution < 1.29 is 13.5 Å². The molecule has 1 aromatic heterocycles. The molecule has 0 unspecified atom stereocenters. The van der Waals surface area contributed by atoms with Crippen LogP contribution in [-0.4, -0.2) is 42.6 Å². The summed E-state index contributed by atoms with van der Waals surface area (Å²) in [7, 11) is 1.72. The monoisotopic (exact) mass is 425 g/mol. The first-order valence-corrected chi connectivity index (χ1v) is 10.1. The van der Waals surface area contributed by atoms with Crippen molar-refractivity contribution >= 4 is 28.9 Å². The van der Waals surface area contributed by atoms with Crippen molar-refractivity contribution in [2.24, 2.45) is 0 Å². The van der Waals surface area contributed by atoms with E-state index in [1.165, 1.54) is 0 Å². The molecule has 0 atom stereocenters. The van der Waals surface area contributed by atoms with Crippen LogP contribution in [0.25, 0.3) is 0 Å². The standard InChI is InChI=1S/C20H26ClF2N5O/c1-3-4-11-29-19-26-17(25-12-14-7-5-6-8-15(14)21)16(24-2)18(27-19)28-10-9-20(22,23)13-28/h5-8,24H,3-4,9-13H2,1-2H3,(H,25,26,27). The number of hydrogen-bond acceptors (Lipinski definition) is 6. The quantitative estimate of drug-likeness (QED) is 0.562. The fourth-order valence-electron chi connectivity index (χ4n) is 3.13. The Balaban J connectivity index is 1.90. The van der Waals surface area contributed by atoms with E-state index >= 15 is 0 Å². The van der Waals surface area contributed by atoms with Crippen LogP contribution in [0.3, 0.4) is 0 Å². The van der Waals surface area contributed by atoms with E-state index in [4.69, 9.17) is 16.3 Å². The number of nitrogens with one attached hydrogen (secondary N) is 2. The van der Waals surface area contributed by atoms with Crippen LogP contribution in [0.2, 0.25) is 5.02 Å². The lowest BCUT2D eigenvalue weighted by atomic mass is 10.2. The zero-order chi connectivity index (χ0) is 20.9. The minimum absolute atomic E-state index is 0.171. The minimum Gasteiger partial charge on any atom is -0.463 e. The summed E-state index contributed by atoms with van der Waals surface area (Å²) in [6.07, 6.45) is 1.63. The van der Waals surface area contributed by atoms with E-state index < -0.39 is 5.92 Å². The van der Waals surface area contributed by atoms with Gasteiger partial charge in [0.2, 0.25) is 0 Å². The lowest BCUT2D eigenvalue weighted by Gasteiger charge is -2.23. The third kappa shape index (κ3) is 5.38. The van der Waals surface area contributed by atoms with Crippen LogP contribution < -0.4 is 20.3 Å². The van der Waals surface area contributed by atoms with Crippen LogP contribution in [0.5, 0.6) is 6.01 Å². The number of nitrogens with zero attached hydrogens (tertiary/aromatic N) is 3. The summed E-state index contributed by atoms with van der Waals surface area (Å²) in [4.78, 5) is 10.5. The first-order valence-electron chi connectivity index (χ1n) is 9.76. The maximum absolute atomic E-state index is 13.8. The topological polar surface area (TPSA) is 62.3 Å². The SMILES string of the molecule is CCCCOc1nc(NCc2ccccc2Cl)c(NC)c(N2CCC(F)(F)C2)n1. The van der Waals surface area contributed by atoms with Gasteiger partial charge < -0.3 is 20.3 Å². The van der Waals surface area contributed by atoms with Gasteiger partial charge in [-0.3, -0.25) is 0 Å². The number of ether oxygens (including phenoxy) is 1. The summed E-state index contributed by atoms with van der Waals surface area (Å²) in [6, 6.07) is 7.66. The summed E-state index contributed by atoms with van der Waals surface area (Å²) in [6.45, 7) is 2.79. The molecule has 2 heterocycles. The van der Waals surface area contributed by atoms with Crippen LogP contribution in [0.4, 0.5) is 26.1 Å². The predicted molar refractivity (Wildman–Crippen MR) is 113 cm³/mol. The molecule has 1 saturated heterocycles. The molecule has 9 heteroatoms. The third-order valence-electron chi connectivity index (χ3n) is 4.72. The van der Waals surface area contributed by atoms with Crippen molar-refractivity contribution in [1.82, 2.24) is 9.97 Å². The molecule has 2 N–H and O–H groups in total. The molecule has 1 aliphatic rings. The Morgan fingerprint density at radius 1 is 1.28 bits per heavy atom. The van der Waals surface area contributed by atoms with Crippen LogP contribution >= 0.6 is 11.6 Å². The molecular formula is C20H26ClF2N5O. The summed E-state index contributed by atoms with van der Waals surface area (Å²) >= 11 is 6.24. The molecule has 6 nitrogen and oxygen atoms in total. The molecule has 1 aliphatic heterocycles.